The Hall–Kier alpha value is -2.67. The zero-order chi connectivity index (χ0) is 21.8. The second-order valence-corrected chi connectivity index (χ2v) is 8.53. The van der Waals surface area contributed by atoms with Crippen molar-refractivity contribution in [1.82, 2.24) is 14.8 Å². The molecule has 3 aromatic carbocycles. The first-order chi connectivity index (χ1) is 15.0. The lowest BCUT2D eigenvalue weighted by molar-refractivity contribution is 0.628. The molecule has 0 fully saturated rings. The van der Waals surface area contributed by atoms with Crippen molar-refractivity contribution in [3.05, 3.63) is 93.7 Å². The molecule has 0 atom stereocenters. The number of rotatable bonds is 6. The summed E-state index contributed by atoms with van der Waals surface area (Å²) in [6, 6.07) is 19.4. The van der Waals surface area contributed by atoms with Crippen LogP contribution in [0, 0.1) is 5.82 Å². The van der Waals surface area contributed by atoms with E-state index in [9.17, 15) is 4.39 Å². The predicted molar refractivity (Wildman–Crippen MR) is 126 cm³/mol. The first kappa shape index (κ1) is 21.6. The molecule has 4 nitrogen and oxygen atoms in total. The van der Waals surface area contributed by atoms with Crippen molar-refractivity contribution in [2.24, 2.45) is 12.0 Å². The SMILES string of the molecule is Cn1c(SCc2ccc(Cl)cc2Cl)nnc1-c1ccc(N=Cc2ccc(F)cc2)cc1. The maximum atomic E-state index is 13.0. The van der Waals surface area contributed by atoms with Crippen LogP contribution in [0.2, 0.25) is 10.0 Å². The molecule has 4 aromatic rings. The van der Waals surface area contributed by atoms with E-state index in [1.54, 1.807) is 36.2 Å². The first-order valence-corrected chi connectivity index (χ1v) is 11.1. The van der Waals surface area contributed by atoms with Gasteiger partial charge in [-0.25, -0.2) is 4.39 Å². The van der Waals surface area contributed by atoms with Crippen molar-refractivity contribution in [1.29, 1.82) is 0 Å². The Morgan fingerprint density at radius 3 is 2.45 bits per heavy atom. The average molecular weight is 471 g/mol. The molecule has 0 saturated carbocycles. The van der Waals surface area contributed by atoms with Gasteiger partial charge in [-0.2, -0.15) is 0 Å². The van der Waals surface area contributed by atoms with E-state index in [0.717, 1.165) is 33.4 Å². The molecule has 0 aliphatic carbocycles. The minimum absolute atomic E-state index is 0.265. The monoisotopic (exact) mass is 470 g/mol. The summed E-state index contributed by atoms with van der Waals surface area (Å²) in [5, 5.41) is 10.7. The van der Waals surface area contributed by atoms with Crippen LogP contribution in [-0.2, 0) is 12.8 Å². The molecule has 0 N–H and O–H groups in total. The molecule has 0 amide bonds. The Balaban J connectivity index is 1.45. The second-order valence-electron chi connectivity index (χ2n) is 6.75. The fraction of sp³-hybridized carbons (Fsp3) is 0.0870. The van der Waals surface area contributed by atoms with E-state index < -0.39 is 0 Å². The predicted octanol–water partition coefficient (Wildman–Crippen LogP) is 6.97. The molecule has 0 saturated heterocycles. The molecule has 0 aliphatic rings. The van der Waals surface area contributed by atoms with Gasteiger partial charge in [0.25, 0.3) is 0 Å². The lowest BCUT2D eigenvalue weighted by Crippen LogP contribution is -1.95. The number of hydrogen-bond acceptors (Lipinski definition) is 4. The van der Waals surface area contributed by atoms with Crippen LogP contribution < -0.4 is 0 Å². The number of aromatic nitrogens is 3. The lowest BCUT2D eigenvalue weighted by atomic mass is 10.2. The summed E-state index contributed by atoms with van der Waals surface area (Å²) in [6.07, 6.45) is 1.70. The van der Waals surface area contributed by atoms with Crippen molar-refractivity contribution < 1.29 is 4.39 Å². The van der Waals surface area contributed by atoms with Gasteiger partial charge in [0.2, 0.25) is 0 Å². The molecule has 1 aromatic heterocycles. The first-order valence-electron chi connectivity index (χ1n) is 9.36. The van der Waals surface area contributed by atoms with Crippen LogP contribution in [-0.4, -0.2) is 21.0 Å². The molecular formula is C23H17Cl2FN4S. The number of aliphatic imine (C=N–C) groups is 1. The summed E-state index contributed by atoms with van der Waals surface area (Å²) >= 11 is 13.8. The van der Waals surface area contributed by atoms with Crippen molar-refractivity contribution in [2.75, 3.05) is 0 Å². The molecule has 0 spiro atoms. The highest BCUT2D eigenvalue weighted by Crippen LogP contribution is 2.29. The highest BCUT2D eigenvalue weighted by atomic mass is 35.5. The van der Waals surface area contributed by atoms with Crippen molar-refractivity contribution in [3.63, 3.8) is 0 Å². The number of nitrogens with zero attached hydrogens (tertiary/aromatic N) is 4. The summed E-state index contributed by atoms with van der Waals surface area (Å²) in [6.45, 7) is 0. The zero-order valence-corrected chi connectivity index (χ0v) is 18.8. The lowest BCUT2D eigenvalue weighted by Gasteiger charge is -2.06. The molecule has 0 bridgehead atoms. The Morgan fingerprint density at radius 2 is 1.74 bits per heavy atom. The summed E-state index contributed by atoms with van der Waals surface area (Å²) in [4.78, 5) is 4.43. The van der Waals surface area contributed by atoms with Crippen LogP contribution in [0.5, 0.6) is 0 Å². The molecule has 31 heavy (non-hydrogen) atoms. The maximum absolute atomic E-state index is 13.0. The number of hydrogen-bond donors (Lipinski definition) is 0. The summed E-state index contributed by atoms with van der Waals surface area (Å²) in [5.41, 5.74) is 3.56. The van der Waals surface area contributed by atoms with Crippen LogP contribution in [0.4, 0.5) is 10.1 Å². The molecular weight excluding hydrogens is 454 g/mol. The Labute approximate surface area is 193 Å². The highest BCUT2D eigenvalue weighted by Gasteiger charge is 2.12. The summed E-state index contributed by atoms with van der Waals surface area (Å²) < 4.78 is 14.9. The van der Waals surface area contributed by atoms with Crippen LogP contribution in [0.25, 0.3) is 11.4 Å². The number of benzene rings is 3. The number of halogens is 3. The minimum Gasteiger partial charge on any atom is -0.305 e. The van der Waals surface area contributed by atoms with Crippen molar-refractivity contribution in [2.45, 2.75) is 10.9 Å². The van der Waals surface area contributed by atoms with Gasteiger partial charge in [-0.1, -0.05) is 53.2 Å². The van der Waals surface area contributed by atoms with Gasteiger partial charge in [-0.15, -0.1) is 10.2 Å². The van der Waals surface area contributed by atoms with E-state index in [0.29, 0.717) is 15.8 Å². The van der Waals surface area contributed by atoms with Crippen LogP contribution >= 0.6 is 35.0 Å². The van der Waals surface area contributed by atoms with E-state index in [1.807, 2.05) is 48.0 Å². The van der Waals surface area contributed by atoms with Gasteiger partial charge in [0.1, 0.15) is 5.82 Å². The van der Waals surface area contributed by atoms with Gasteiger partial charge >= 0.3 is 0 Å². The van der Waals surface area contributed by atoms with Gasteiger partial charge in [0.05, 0.1) is 5.69 Å². The molecule has 0 aliphatic heterocycles. The third-order valence-electron chi connectivity index (χ3n) is 4.56. The fourth-order valence-electron chi connectivity index (χ4n) is 2.87. The normalized spacial score (nSPS) is 11.4. The van der Waals surface area contributed by atoms with Gasteiger partial charge < -0.3 is 4.57 Å². The van der Waals surface area contributed by atoms with E-state index in [-0.39, 0.29) is 5.82 Å². The molecule has 1 heterocycles. The second kappa shape index (κ2) is 9.64. The van der Waals surface area contributed by atoms with E-state index in [2.05, 4.69) is 15.2 Å². The largest absolute Gasteiger partial charge is 0.305 e. The van der Waals surface area contributed by atoms with E-state index in [4.69, 9.17) is 23.2 Å². The third-order valence-corrected chi connectivity index (χ3v) is 6.22. The Morgan fingerprint density at radius 1 is 1.00 bits per heavy atom. The van der Waals surface area contributed by atoms with Crippen LogP contribution in [0.3, 0.4) is 0 Å². The molecule has 0 unspecified atom stereocenters. The van der Waals surface area contributed by atoms with Crippen molar-refractivity contribution in [3.8, 4) is 11.4 Å². The van der Waals surface area contributed by atoms with Gasteiger partial charge in [0, 0.05) is 34.6 Å². The Bertz CT molecular complexity index is 1220. The number of thioether (sulfide) groups is 1. The van der Waals surface area contributed by atoms with Crippen molar-refractivity contribution >= 4 is 46.9 Å². The average Bonchev–Trinajstić information content (AvgIpc) is 3.13. The topological polar surface area (TPSA) is 43.1 Å². The Kier molecular flexibility index (Phi) is 6.70. The van der Waals surface area contributed by atoms with E-state index in [1.165, 1.54) is 12.1 Å². The third kappa shape index (κ3) is 5.34. The molecule has 4 rings (SSSR count). The highest BCUT2D eigenvalue weighted by molar-refractivity contribution is 7.98. The fourth-order valence-corrected chi connectivity index (χ4v) is 4.34. The van der Waals surface area contributed by atoms with Crippen LogP contribution in [0.15, 0.2) is 76.9 Å². The smallest absolute Gasteiger partial charge is 0.191 e. The quantitative estimate of drug-likeness (QED) is 0.225. The standard InChI is InChI=1S/C23H17Cl2FN4S/c1-30-22(28-29-23(30)31-14-17-4-7-18(24)12-21(17)25)16-5-10-20(11-6-16)27-13-15-2-8-19(26)9-3-15/h2-13H,14H2,1H3. The summed E-state index contributed by atoms with van der Waals surface area (Å²) in [5.74, 6) is 1.16. The summed E-state index contributed by atoms with van der Waals surface area (Å²) in [7, 11) is 1.93. The van der Waals surface area contributed by atoms with Crippen LogP contribution in [0.1, 0.15) is 11.1 Å². The van der Waals surface area contributed by atoms with E-state index >= 15 is 0 Å². The zero-order valence-electron chi connectivity index (χ0n) is 16.5. The van der Waals surface area contributed by atoms with Gasteiger partial charge in [-0.05, 0) is 59.7 Å². The van der Waals surface area contributed by atoms with Gasteiger partial charge in [0.15, 0.2) is 11.0 Å². The molecule has 8 heteroatoms. The molecule has 0 radical (unpaired) electrons. The maximum Gasteiger partial charge on any atom is 0.191 e. The van der Waals surface area contributed by atoms with Gasteiger partial charge in [-0.3, -0.25) is 4.99 Å². The minimum atomic E-state index is -0.265. The molecule has 156 valence electrons.